The summed E-state index contributed by atoms with van der Waals surface area (Å²) in [5.41, 5.74) is 0. The van der Waals surface area contributed by atoms with Crippen molar-refractivity contribution in [2.75, 3.05) is 32.7 Å². The number of rotatable bonds is 2. The van der Waals surface area contributed by atoms with Crippen LogP contribution in [0, 0.1) is 5.92 Å². The first-order chi connectivity index (χ1) is 6.84. The molecule has 2 N–H and O–H groups in total. The fourth-order valence-corrected chi connectivity index (χ4v) is 2.64. The van der Waals surface area contributed by atoms with Gasteiger partial charge in [-0.1, -0.05) is 0 Å². The monoisotopic (exact) mass is 198 g/mol. The van der Waals surface area contributed by atoms with E-state index in [4.69, 9.17) is 0 Å². The van der Waals surface area contributed by atoms with Gasteiger partial charge < -0.3 is 15.3 Å². The smallest absolute Gasteiger partial charge is 0.0667 e. The van der Waals surface area contributed by atoms with Gasteiger partial charge in [0.05, 0.1) is 6.10 Å². The van der Waals surface area contributed by atoms with Gasteiger partial charge in [-0.25, -0.2) is 0 Å². The number of hydrogen-bond donors (Lipinski definition) is 2. The predicted octanol–water partition coefficient (Wildman–Crippen LogP) is 0.443. The molecule has 0 aromatic heterocycles. The molecule has 0 radical (unpaired) electrons. The molecule has 2 fully saturated rings. The zero-order valence-corrected chi connectivity index (χ0v) is 8.91. The molecule has 0 spiro atoms. The van der Waals surface area contributed by atoms with Gasteiger partial charge in [-0.15, -0.1) is 0 Å². The molecule has 2 atom stereocenters. The van der Waals surface area contributed by atoms with Crippen LogP contribution in [0.2, 0.25) is 0 Å². The minimum absolute atomic E-state index is 0.0692. The number of β-amino-alcohol motifs (C(OH)–C–C–N with tert-alkyl or cyclic N) is 1. The molecule has 2 rings (SSSR count). The molecule has 14 heavy (non-hydrogen) atoms. The van der Waals surface area contributed by atoms with Crippen molar-refractivity contribution in [2.24, 2.45) is 5.92 Å². The summed E-state index contributed by atoms with van der Waals surface area (Å²) in [5, 5.41) is 13.0. The van der Waals surface area contributed by atoms with E-state index < -0.39 is 0 Å². The Hall–Kier alpha value is -0.120. The van der Waals surface area contributed by atoms with E-state index in [1.165, 1.54) is 45.4 Å². The predicted molar refractivity (Wildman–Crippen MR) is 57.3 cm³/mol. The average Bonchev–Trinajstić information content (AvgIpc) is 2.19. The second-order valence-corrected chi connectivity index (χ2v) is 4.77. The van der Waals surface area contributed by atoms with Crippen molar-refractivity contribution in [3.63, 3.8) is 0 Å². The molecule has 2 heterocycles. The van der Waals surface area contributed by atoms with Crippen LogP contribution in [-0.4, -0.2) is 48.8 Å². The first kappa shape index (κ1) is 10.4. The normalized spacial score (nSPS) is 35.8. The highest BCUT2D eigenvalue weighted by molar-refractivity contribution is 4.77. The molecule has 3 heteroatoms. The maximum Gasteiger partial charge on any atom is 0.0667 e. The van der Waals surface area contributed by atoms with Gasteiger partial charge >= 0.3 is 0 Å². The molecular formula is C11H22N2O. The lowest BCUT2D eigenvalue weighted by atomic mass is 9.97. The van der Waals surface area contributed by atoms with Crippen LogP contribution in [-0.2, 0) is 0 Å². The van der Waals surface area contributed by atoms with Crippen molar-refractivity contribution < 1.29 is 5.11 Å². The topological polar surface area (TPSA) is 35.5 Å². The lowest BCUT2D eigenvalue weighted by Crippen LogP contribution is -2.44. The molecule has 0 amide bonds. The number of nitrogens with zero attached hydrogens (tertiary/aromatic N) is 1. The van der Waals surface area contributed by atoms with Crippen LogP contribution in [0.15, 0.2) is 0 Å². The van der Waals surface area contributed by atoms with Crippen molar-refractivity contribution in [2.45, 2.75) is 31.8 Å². The van der Waals surface area contributed by atoms with Crippen molar-refractivity contribution in [3.8, 4) is 0 Å². The molecular weight excluding hydrogens is 176 g/mol. The van der Waals surface area contributed by atoms with Gasteiger partial charge in [0.15, 0.2) is 0 Å². The van der Waals surface area contributed by atoms with Crippen LogP contribution in [0.4, 0.5) is 0 Å². The molecule has 0 saturated carbocycles. The van der Waals surface area contributed by atoms with Gasteiger partial charge in [0.1, 0.15) is 0 Å². The second-order valence-electron chi connectivity index (χ2n) is 4.77. The van der Waals surface area contributed by atoms with Gasteiger partial charge in [-0.3, -0.25) is 0 Å². The third-order valence-corrected chi connectivity index (χ3v) is 3.40. The number of aliphatic hydroxyl groups is 1. The lowest BCUT2D eigenvalue weighted by molar-refractivity contribution is 0.0596. The van der Waals surface area contributed by atoms with Gasteiger partial charge in [0, 0.05) is 13.1 Å². The highest BCUT2D eigenvalue weighted by Gasteiger charge is 2.21. The summed E-state index contributed by atoms with van der Waals surface area (Å²) in [7, 11) is 0. The maximum absolute atomic E-state index is 9.55. The number of piperidine rings is 2. The minimum atomic E-state index is -0.0692. The molecule has 2 saturated heterocycles. The van der Waals surface area contributed by atoms with Crippen LogP contribution < -0.4 is 5.32 Å². The first-order valence-corrected chi connectivity index (χ1v) is 5.96. The molecule has 3 nitrogen and oxygen atoms in total. The Labute approximate surface area is 86.5 Å². The molecule has 0 aromatic rings. The SMILES string of the molecule is OC1CCCN(CC2CCCNC2)C1. The maximum atomic E-state index is 9.55. The Morgan fingerprint density at radius 1 is 1.29 bits per heavy atom. The Morgan fingerprint density at radius 2 is 2.21 bits per heavy atom. The summed E-state index contributed by atoms with van der Waals surface area (Å²) in [6.07, 6.45) is 4.78. The Balaban J connectivity index is 1.72. The van der Waals surface area contributed by atoms with Crippen LogP contribution in [0.1, 0.15) is 25.7 Å². The number of nitrogens with one attached hydrogen (secondary N) is 1. The number of aliphatic hydroxyl groups excluding tert-OH is 1. The lowest BCUT2D eigenvalue weighted by Gasteiger charge is -2.34. The molecule has 0 aliphatic carbocycles. The standard InChI is InChI=1S/C11H22N2O/c14-11-4-2-6-13(9-11)8-10-3-1-5-12-7-10/h10-12,14H,1-9H2. The van der Waals surface area contributed by atoms with Gasteiger partial charge in [0.2, 0.25) is 0 Å². The summed E-state index contributed by atoms with van der Waals surface area (Å²) in [5.74, 6) is 0.814. The summed E-state index contributed by atoms with van der Waals surface area (Å²) in [6, 6.07) is 0. The highest BCUT2D eigenvalue weighted by Crippen LogP contribution is 2.15. The average molecular weight is 198 g/mol. The Kier molecular flexibility index (Phi) is 3.79. The summed E-state index contributed by atoms with van der Waals surface area (Å²) in [6.45, 7) is 5.64. The van der Waals surface area contributed by atoms with Crippen LogP contribution in [0.3, 0.4) is 0 Å². The molecule has 82 valence electrons. The first-order valence-electron chi connectivity index (χ1n) is 5.96. The van der Waals surface area contributed by atoms with E-state index in [0.717, 1.165) is 18.9 Å². The van der Waals surface area contributed by atoms with Crippen molar-refractivity contribution in [1.82, 2.24) is 10.2 Å². The van der Waals surface area contributed by atoms with Gasteiger partial charge in [-0.2, -0.15) is 0 Å². The highest BCUT2D eigenvalue weighted by atomic mass is 16.3. The quantitative estimate of drug-likeness (QED) is 0.676. The fourth-order valence-electron chi connectivity index (χ4n) is 2.64. The molecule has 2 aliphatic rings. The number of likely N-dealkylation sites (tertiary alicyclic amines) is 1. The Morgan fingerprint density at radius 3 is 2.93 bits per heavy atom. The third kappa shape index (κ3) is 2.94. The number of hydrogen-bond acceptors (Lipinski definition) is 3. The fraction of sp³-hybridized carbons (Fsp3) is 1.00. The summed E-state index contributed by atoms with van der Waals surface area (Å²) >= 11 is 0. The summed E-state index contributed by atoms with van der Waals surface area (Å²) < 4.78 is 0. The van der Waals surface area contributed by atoms with E-state index in [1.54, 1.807) is 0 Å². The van der Waals surface area contributed by atoms with Crippen molar-refractivity contribution >= 4 is 0 Å². The summed E-state index contributed by atoms with van der Waals surface area (Å²) in [4.78, 5) is 2.44. The van der Waals surface area contributed by atoms with Gasteiger partial charge in [0.25, 0.3) is 0 Å². The minimum Gasteiger partial charge on any atom is -0.392 e. The zero-order chi connectivity index (χ0) is 9.80. The van der Waals surface area contributed by atoms with E-state index in [0.29, 0.717) is 0 Å². The molecule has 2 aliphatic heterocycles. The molecule has 2 unspecified atom stereocenters. The van der Waals surface area contributed by atoms with E-state index in [2.05, 4.69) is 10.2 Å². The van der Waals surface area contributed by atoms with E-state index in [1.807, 2.05) is 0 Å². The van der Waals surface area contributed by atoms with Crippen LogP contribution >= 0.6 is 0 Å². The van der Waals surface area contributed by atoms with E-state index >= 15 is 0 Å². The molecule has 0 bridgehead atoms. The van der Waals surface area contributed by atoms with Crippen molar-refractivity contribution in [1.29, 1.82) is 0 Å². The van der Waals surface area contributed by atoms with Gasteiger partial charge in [-0.05, 0) is 51.2 Å². The molecule has 0 aromatic carbocycles. The largest absolute Gasteiger partial charge is 0.392 e. The third-order valence-electron chi connectivity index (χ3n) is 3.40. The second kappa shape index (κ2) is 5.10. The van der Waals surface area contributed by atoms with Crippen LogP contribution in [0.5, 0.6) is 0 Å². The van der Waals surface area contributed by atoms with E-state index in [-0.39, 0.29) is 6.10 Å². The zero-order valence-electron chi connectivity index (χ0n) is 8.91. The van der Waals surface area contributed by atoms with Crippen LogP contribution in [0.25, 0.3) is 0 Å². The van der Waals surface area contributed by atoms with E-state index in [9.17, 15) is 5.11 Å². The van der Waals surface area contributed by atoms with Crippen molar-refractivity contribution in [3.05, 3.63) is 0 Å². The Bertz CT molecular complexity index is 169.